The Labute approximate surface area is 264 Å². The fourth-order valence-electron chi connectivity index (χ4n) is 11.7. The van der Waals surface area contributed by atoms with Crippen LogP contribution in [0.4, 0.5) is 0 Å². The van der Waals surface area contributed by atoms with Crippen LogP contribution in [0.2, 0.25) is 0 Å². The average molecular weight is 615 g/mol. The van der Waals surface area contributed by atoms with Crippen LogP contribution in [0.3, 0.4) is 0 Å². The summed E-state index contributed by atoms with van der Waals surface area (Å²) in [5.74, 6) is 5.57. The third-order valence-corrected chi connectivity index (χ3v) is 13.6. The van der Waals surface area contributed by atoms with Crippen molar-refractivity contribution in [1.82, 2.24) is 31.9 Å². The summed E-state index contributed by atoms with van der Waals surface area (Å²) in [6, 6.07) is 0. The van der Waals surface area contributed by atoms with Crippen LogP contribution >= 0.6 is 0 Å². The summed E-state index contributed by atoms with van der Waals surface area (Å²) in [5.41, 5.74) is 0. The van der Waals surface area contributed by atoms with Gasteiger partial charge in [0.15, 0.2) is 0 Å². The second kappa shape index (κ2) is 12.8. The van der Waals surface area contributed by atoms with Crippen molar-refractivity contribution in [2.45, 2.75) is 152 Å². The van der Waals surface area contributed by atoms with E-state index >= 15 is 0 Å². The predicted molar refractivity (Wildman–Crippen MR) is 158 cm³/mol. The van der Waals surface area contributed by atoms with E-state index in [-0.39, 0.29) is 18.5 Å². The molecule has 0 radical (unpaired) electrons. The third-order valence-electron chi connectivity index (χ3n) is 13.6. The molecular formula is C32H54N8OTi. The SMILES string of the molecule is C1CCC2C3[N-]C([N-]C4NC(NC5NC(NC6NC(N3)C3CCCCC63)C3CCCCC53)C3CCCCC43)C2C1.[O]=[Ti+2]. The van der Waals surface area contributed by atoms with Crippen molar-refractivity contribution in [3.8, 4) is 0 Å². The van der Waals surface area contributed by atoms with Gasteiger partial charge in [-0.3, -0.25) is 21.3 Å². The molecule has 9 nitrogen and oxygen atoms in total. The first kappa shape index (κ1) is 29.6. The normalized spacial score (nSPS) is 55.0. The zero-order chi connectivity index (χ0) is 28.2. The molecule has 9 rings (SSSR count). The van der Waals surface area contributed by atoms with Gasteiger partial charge in [-0.2, -0.15) is 0 Å². The third kappa shape index (κ3) is 5.27. The number of hydrogen-bond donors (Lipinski definition) is 6. The van der Waals surface area contributed by atoms with Gasteiger partial charge in [-0.05, 0) is 73.5 Å². The predicted octanol–water partition coefficient (Wildman–Crippen LogP) is 4.05. The minimum absolute atomic E-state index is 0.170. The fourth-order valence-corrected chi connectivity index (χ4v) is 11.7. The van der Waals surface area contributed by atoms with Gasteiger partial charge in [0.25, 0.3) is 0 Å². The standard InChI is InChI=1S/C32H54N8.O.Ti/c1-2-10-18-17(9-1)25-33-26(18)38-28-21-13-5-6-14-22(21)30(35-28)40-32-24-16-8-7-15-23(24)31(36-32)39-29-20-12-4-3-11-19(20)27(34-29)37-25;;/h17-35,37-39H,1-16H2;;/q-2;;+2. The van der Waals surface area contributed by atoms with E-state index in [0.717, 1.165) is 38.2 Å². The molecule has 42 heavy (non-hydrogen) atoms. The molecule has 4 aliphatic carbocycles. The van der Waals surface area contributed by atoms with E-state index in [0.29, 0.717) is 60.4 Å². The van der Waals surface area contributed by atoms with Gasteiger partial charge in [-0.25, -0.2) is 6.17 Å². The second-order valence-corrected chi connectivity index (χ2v) is 15.4. The Bertz CT molecular complexity index is 738. The Morgan fingerprint density at radius 2 is 0.619 bits per heavy atom. The van der Waals surface area contributed by atoms with Crippen LogP contribution in [-0.4, -0.2) is 49.3 Å². The first-order valence-electron chi connectivity index (χ1n) is 18.0. The minimum atomic E-state index is 0.170. The van der Waals surface area contributed by atoms with E-state index in [1.54, 1.807) is 0 Å². The van der Waals surface area contributed by atoms with Crippen LogP contribution < -0.4 is 31.9 Å². The van der Waals surface area contributed by atoms with Gasteiger partial charge in [-0.15, -0.1) is 0 Å². The summed E-state index contributed by atoms with van der Waals surface area (Å²) in [7, 11) is 0. The summed E-state index contributed by atoms with van der Waals surface area (Å²) in [6.07, 6.45) is 24.4. The fraction of sp³-hybridized carbons (Fsp3) is 1.00. The van der Waals surface area contributed by atoms with Crippen LogP contribution in [-0.2, 0) is 23.7 Å². The van der Waals surface area contributed by atoms with Crippen LogP contribution in [0.5, 0.6) is 0 Å². The summed E-state index contributed by atoms with van der Waals surface area (Å²) < 4.78 is 8.25. The summed E-state index contributed by atoms with van der Waals surface area (Å²) in [5, 5.41) is 36.3. The van der Waals surface area contributed by atoms with E-state index in [2.05, 4.69) is 31.9 Å². The Kier molecular flexibility index (Phi) is 9.00. The maximum absolute atomic E-state index is 8.25. The first-order chi connectivity index (χ1) is 20.8. The molecule has 232 valence electrons. The number of fused-ring (bicyclic) bond motifs is 20. The molecule has 4 saturated carbocycles. The topological polar surface area (TPSA) is 117 Å². The molecule has 0 aromatic carbocycles. The van der Waals surface area contributed by atoms with Gasteiger partial charge in [0.2, 0.25) is 0 Å². The van der Waals surface area contributed by atoms with Gasteiger partial charge in [0, 0.05) is 0 Å². The number of rotatable bonds is 0. The summed E-state index contributed by atoms with van der Waals surface area (Å²) in [4.78, 5) is 0. The summed E-state index contributed by atoms with van der Waals surface area (Å²) >= 11 is 0.750. The average Bonchev–Trinajstić information content (AvgIpc) is 3.78. The van der Waals surface area contributed by atoms with Crippen LogP contribution in [0, 0.1) is 47.3 Å². The van der Waals surface area contributed by atoms with Gasteiger partial charge in [0.05, 0.1) is 30.8 Å². The zero-order valence-corrected chi connectivity index (χ0v) is 26.9. The van der Waals surface area contributed by atoms with E-state index in [9.17, 15) is 0 Å². The van der Waals surface area contributed by atoms with E-state index in [1.807, 2.05) is 0 Å². The number of nitrogens with zero attached hydrogens (tertiary/aromatic N) is 2. The van der Waals surface area contributed by atoms with Crippen molar-refractivity contribution >= 4 is 0 Å². The Morgan fingerprint density at radius 1 is 0.357 bits per heavy atom. The van der Waals surface area contributed by atoms with Gasteiger partial charge in [0.1, 0.15) is 0 Å². The molecular weight excluding hydrogens is 560 g/mol. The van der Waals surface area contributed by atoms with Crippen molar-refractivity contribution in [2.24, 2.45) is 47.3 Å². The molecule has 6 N–H and O–H groups in total. The monoisotopic (exact) mass is 614 g/mol. The van der Waals surface area contributed by atoms with Gasteiger partial charge >= 0.3 is 23.7 Å². The number of nitrogens with one attached hydrogen (secondary N) is 6. The van der Waals surface area contributed by atoms with Crippen molar-refractivity contribution in [1.29, 1.82) is 0 Å². The van der Waals surface area contributed by atoms with Crippen molar-refractivity contribution in [2.75, 3.05) is 0 Å². The molecule has 5 aliphatic heterocycles. The Hall–Kier alpha value is 0.194. The molecule has 16 atom stereocenters. The van der Waals surface area contributed by atoms with E-state index < -0.39 is 0 Å². The zero-order valence-electron chi connectivity index (χ0n) is 25.4. The molecule has 9 fully saturated rings. The molecule has 0 spiro atoms. The molecule has 9 aliphatic rings. The second-order valence-electron chi connectivity index (χ2n) is 15.4. The van der Waals surface area contributed by atoms with Crippen molar-refractivity contribution in [3.63, 3.8) is 0 Å². The Balaban J connectivity index is 0.00000131. The molecule has 5 saturated heterocycles. The molecule has 16 unspecified atom stereocenters. The molecule has 0 amide bonds. The molecule has 10 heteroatoms. The summed E-state index contributed by atoms with van der Waals surface area (Å²) in [6.45, 7) is 0. The van der Waals surface area contributed by atoms with Crippen LogP contribution in [0.15, 0.2) is 0 Å². The van der Waals surface area contributed by atoms with Crippen LogP contribution in [0.1, 0.15) is 103 Å². The quantitative estimate of drug-likeness (QED) is 0.228. The molecule has 0 aromatic heterocycles. The molecule has 0 aromatic rings. The van der Waals surface area contributed by atoms with Crippen molar-refractivity contribution < 1.29 is 23.7 Å². The van der Waals surface area contributed by atoms with Gasteiger partial charge in [-0.1, -0.05) is 88.9 Å². The first-order valence-corrected chi connectivity index (χ1v) is 18.6. The van der Waals surface area contributed by atoms with E-state index in [4.69, 9.17) is 14.0 Å². The molecule has 8 bridgehead atoms. The van der Waals surface area contributed by atoms with Gasteiger partial charge < -0.3 is 21.3 Å². The Morgan fingerprint density at radius 3 is 1.00 bits per heavy atom. The van der Waals surface area contributed by atoms with Crippen molar-refractivity contribution in [3.05, 3.63) is 10.6 Å². The molecule has 5 heterocycles. The maximum atomic E-state index is 8.25. The van der Waals surface area contributed by atoms with Crippen LogP contribution in [0.25, 0.3) is 10.6 Å². The number of hydrogen-bond acceptors (Lipinski definition) is 7. The van der Waals surface area contributed by atoms with E-state index in [1.165, 1.54) is 103 Å².